The predicted octanol–water partition coefficient (Wildman–Crippen LogP) is 4.78. The number of morpholine rings is 1. The molecule has 8 nitrogen and oxygen atoms in total. The van der Waals surface area contributed by atoms with E-state index in [4.69, 9.17) is 4.74 Å². The van der Waals surface area contributed by atoms with Gasteiger partial charge in [0.25, 0.3) is 5.91 Å². The summed E-state index contributed by atoms with van der Waals surface area (Å²) in [6.45, 7) is 9.54. The van der Waals surface area contributed by atoms with Crippen LogP contribution in [0, 0.1) is 0 Å². The summed E-state index contributed by atoms with van der Waals surface area (Å²) in [5.41, 5.74) is 6.45. The number of piperazine rings is 1. The van der Waals surface area contributed by atoms with Crippen LogP contribution in [0.3, 0.4) is 0 Å². The Morgan fingerprint density at radius 3 is 2.31 bits per heavy atom. The Bertz CT molecular complexity index is 1400. The van der Waals surface area contributed by atoms with E-state index in [0.29, 0.717) is 39.4 Å². The highest BCUT2D eigenvalue weighted by Gasteiger charge is 2.36. The maximum Gasteiger partial charge on any atom is 0.407 e. The van der Waals surface area contributed by atoms with E-state index < -0.39 is 6.09 Å². The molecule has 2 aromatic carbocycles. The number of hydrogen-bond acceptors (Lipinski definition) is 6. The van der Waals surface area contributed by atoms with Crippen molar-refractivity contribution in [3.63, 3.8) is 0 Å². The van der Waals surface area contributed by atoms with Crippen LogP contribution in [0.4, 0.5) is 15.5 Å². The van der Waals surface area contributed by atoms with Crippen LogP contribution in [0.25, 0.3) is 22.3 Å². The second kappa shape index (κ2) is 10.2. The lowest BCUT2D eigenvalue weighted by molar-refractivity contribution is 0.0902. The SMILES string of the molecule is CC1(C)Cc2c(sc(N3CCOCC3)c2-c2cccc(-c3cccc(N4CCN(C(=O)O)CC4)c3)c2)C(=O)N1. The van der Waals surface area contributed by atoms with Gasteiger partial charge in [-0.2, -0.15) is 0 Å². The quantitative estimate of drug-likeness (QED) is 0.490. The molecule has 39 heavy (non-hydrogen) atoms. The lowest BCUT2D eigenvalue weighted by Gasteiger charge is -2.34. The molecule has 2 amide bonds. The average molecular weight is 547 g/mol. The monoisotopic (exact) mass is 546 g/mol. The lowest BCUT2D eigenvalue weighted by atomic mass is 9.86. The molecular weight excluding hydrogens is 512 g/mol. The standard InChI is InChI=1S/C30H34N4O4S/c1-30(2)19-24-25(28(33-13-15-38-16-14-33)39-26(24)27(35)31-30)22-7-3-5-20(17-22)21-6-4-8-23(18-21)32-9-11-34(12-10-32)29(36)37/h3-8,17-18H,9-16,19H2,1-2H3,(H,31,35)(H,36,37). The number of hydrogen-bond donors (Lipinski definition) is 2. The second-order valence-corrected chi connectivity index (χ2v) is 12.1. The molecule has 0 atom stereocenters. The van der Waals surface area contributed by atoms with Crippen LogP contribution in [0.5, 0.6) is 0 Å². The zero-order valence-corrected chi connectivity index (χ0v) is 23.2. The molecule has 2 fully saturated rings. The topological polar surface area (TPSA) is 85.3 Å². The Balaban J connectivity index is 1.37. The zero-order chi connectivity index (χ0) is 27.1. The Morgan fingerprint density at radius 1 is 0.923 bits per heavy atom. The predicted molar refractivity (Wildman–Crippen MR) is 155 cm³/mol. The van der Waals surface area contributed by atoms with E-state index in [2.05, 4.69) is 77.5 Å². The third-order valence-corrected chi connectivity index (χ3v) is 9.10. The van der Waals surface area contributed by atoms with Gasteiger partial charge in [-0.05, 0) is 60.7 Å². The van der Waals surface area contributed by atoms with Crippen molar-refractivity contribution in [3.8, 4) is 22.3 Å². The number of anilines is 2. The van der Waals surface area contributed by atoms with E-state index in [9.17, 15) is 14.7 Å². The molecule has 0 spiro atoms. The van der Waals surface area contributed by atoms with Gasteiger partial charge >= 0.3 is 6.09 Å². The number of nitrogens with one attached hydrogen (secondary N) is 1. The first-order valence-electron chi connectivity index (χ1n) is 13.5. The Hall–Kier alpha value is -3.56. The summed E-state index contributed by atoms with van der Waals surface area (Å²) in [6, 6.07) is 17.1. The van der Waals surface area contributed by atoms with E-state index in [0.717, 1.165) is 57.3 Å². The number of carbonyl (C=O) groups is 2. The van der Waals surface area contributed by atoms with Gasteiger partial charge in [-0.15, -0.1) is 11.3 Å². The van der Waals surface area contributed by atoms with Gasteiger partial charge in [0, 0.05) is 56.1 Å². The third kappa shape index (κ3) is 5.08. The van der Waals surface area contributed by atoms with Gasteiger partial charge < -0.3 is 29.9 Å². The van der Waals surface area contributed by atoms with Crippen molar-refractivity contribution >= 4 is 34.0 Å². The van der Waals surface area contributed by atoms with Crippen LogP contribution in [-0.2, 0) is 11.2 Å². The molecule has 3 aliphatic heterocycles. The van der Waals surface area contributed by atoms with Gasteiger partial charge in [0.05, 0.1) is 18.1 Å². The third-order valence-electron chi connectivity index (χ3n) is 7.81. The van der Waals surface area contributed by atoms with Crippen LogP contribution < -0.4 is 15.1 Å². The molecule has 2 N–H and O–H groups in total. The zero-order valence-electron chi connectivity index (χ0n) is 22.4. The highest BCUT2D eigenvalue weighted by molar-refractivity contribution is 7.19. The maximum absolute atomic E-state index is 13.1. The molecule has 0 aliphatic carbocycles. The number of carbonyl (C=O) groups excluding carboxylic acids is 1. The number of rotatable bonds is 4. The fraction of sp³-hybridized carbons (Fsp3) is 0.400. The molecule has 6 rings (SSSR count). The van der Waals surface area contributed by atoms with Crippen molar-refractivity contribution in [3.05, 3.63) is 59.0 Å². The number of thiophene rings is 1. The van der Waals surface area contributed by atoms with Gasteiger partial charge in [-0.3, -0.25) is 4.79 Å². The maximum atomic E-state index is 13.1. The van der Waals surface area contributed by atoms with Crippen molar-refractivity contribution in [2.75, 3.05) is 62.3 Å². The first kappa shape index (κ1) is 25.7. The smallest absolute Gasteiger partial charge is 0.407 e. The summed E-state index contributed by atoms with van der Waals surface area (Å²) in [6.07, 6.45) is -0.0696. The first-order valence-corrected chi connectivity index (χ1v) is 14.4. The van der Waals surface area contributed by atoms with Crippen LogP contribution in [-0.4, -0.2) is 80.0 Å². The highest BCUT2D eigenvalue weighted by atomic mass is 32.1. The summed E-state index contributed by atoms with van der Waals surface area (Å²) < 4.78 is 5.63. The normalized spacial score (nSPS) is 19.0. The van der Waals surface area contributed by atoms with Crippen molar-refractivity contribution in [1.82, 2.24) is 10.2 Å². The molecule has 1 aromatic heterocycles. The molecule has 0 unspecified atom stereocenters. The lowest BCUT2D eigenvalue weighted by Crippen LogP contribution is -2.48. The average Bonchev–Trinajstić information content (AvgIpc) is 3.32. The van der Waals surface area contributed by atoms with Gasteiger partial charge in [0.1, 0.15) is 5.00 Å². The molecule has 204 valence electrons. The summed E-state index contributed by atoms with van der Waals surface area (Å²) in [4.78, 5) is 31.3. The van der Waals surface area contributed by atoms with E-state index in [1.807, 2.05) is 0 Å². The molecule has 0 bridgehead atoms. The van der Waals surface area contributed by atoms with Crippen LogP contribution in [0.2, 0.25) is 0 Å². The van der Waals surface area contributed by atoms with Crippen LogP contribution in [0.1, 0.15) is 29.1 Å². The molecule has 3 aromatic rings. The molecule has 9 heteroatoms. The largest absolute Gasteiger partial charge is 0.465 e. The van der Waals surface area contributed by atoms with Crippen molar-refractivity contribution in [2.24, 2.45) is 0 Å². The molecular formula is C30H34N4O4S. The number of fused-ring (bicyclic) bond motifs is 1. The first-order chi connectivity index (χ1) is 18.8. The van der Waals surface area contributed by atoms with Gasteiger partial charge in [0.2, 0.25) is 0 Å². The van der Waals surface area contributed by atoms with Gasteiger partial charge in [-0.25, -0.2) is 4.79 Å². The highest BCUT2D eigenvalue weighted by Crippen LogP contribution is 2.47. The Kier molecular flexibility index (Phi) is 6.72. The summed E-state index contributed by atoms with van der Waals surface area (Å²) in [7, 11) is 0. The Morgan fingerprint density at radius 2 is 1.59 bits per heavy atom. The fourth-order valence-electron chi connectivity index (χ4n) is 5.83. The minimum Gasteiger partial charge on any atom is -0.465 e. The molecule has 0 radical (unpaired) electrons. The van der Waals surface area contributed by atoms with E-state index in [1.54, 1.807) is 11.3 Å². The number of benzene rings is 2. The summed E-state index contributed by atoms with van der Waals surface area (Å²) in [5, 5.41) is 13.6. The van der Waals surface area contributed by atoms with Crippen LogP contribution >= 0.6 is 11.3 Å². The summed E-state index contributed by atoms with van der Waals surface area (Å²) >= 11 is 1.60. The minimum atomic E-state index is -0.854. The summed E-state index contributed by atoms with van der Waals surface area (Å²) in [5.74, 6) is 0.0128. The number of ether oxygens (including phenoxy) is 1. The minimum absolute atomic E-state index is 0.0128. The number of carboxylic acid groups (broad SMARTS) is 1. The van der Waals surface area contributed by atoms with Gasteiger partial charge in [0.15, 0.2) is 0 Å². The number of amides is 2. The molecule has 3 aliphatic rings. The molecule has 4 heterocycles. The van der Waals surface area contributed by atoms with Crippen molar-refractivity contribution in [2.45, 2.75) is 25.8 Å². The van der Waals surface area contributed by atoms with Crippen molar-refractivity contribution < 1.29 is 19.4 Å². The van der Waals surface area contributed by atoms with Gasteiger partial charge in [-0.1, -0.05) is 30.3 Å². The van der Waals surface area contributed by atoms with E-state index in [1.165, 1.54) is 10.5 Å². The second-order valence-electron chi connectivity index (χ2n) is 11.1. The Labute approximate surface area is 232 Å². The fourth-order valence-corrected chi connectivity index (χ4v) is 7.12. The van der Waals surface area contributed by atoms with E-state index >= 15 is 0 Å². The van der Waals surface area contributed by atoms with Crippen molar-refractivity contribution in [1.29, 1.82) is 0 Å². The number of nitrogens with zero attached hydrogens (tertiary/aromatic N) is 3. The van der Waals surface area contributed by atoms with Crippen LogP contribution in [0.15, 0.2) is 48.5 Å². The molecule has 2 saturated heterocycles. The molecule has 0 saturated carbocycles. The van der Waals surface area contributed by atoms with E-state index in [-0.39, 0.29) is 11.4 Å².